The number of H-pyrrole nitrogens is 1. The van der Waals surface area contributed by atoms with Gasteiger partial charge in [0.2, 0.25) is 0 Å². The molecule has 0 atom stereocenters. The fraction of sp³-hybridized carbons (Fsp3) is 0.692. The molecule has 1 aliphatic rings. The van der Waals surface area contributed by atoms with Crippen molar-refractivity contribution in [3.05, 3.63) is 21.7 Å². The molecule has 0 spiro atoms. The molecule has 0 aromatic carbocycles. The van der Waals surface area contributed by atoms with E-state index in [1.807, 2.05) is 6.92 Å². The Morgan fingerprint density at radius 3 is 2.74 bits per heavy atom. The van der Waals surface area contributed by atoms with Crippen LogP contribution in [0.1, 0.15) is 43.4 Å². The van der Waals surface area contributed by atoms with E-state index < -0.39 is 0 Å². The first-order chi connectivity index (χ1) is 9.17. The zero-order valence-electron chi connectivity index (χ0n) is 11.4. The van der Waals surface area contributed by atoms with Crippen molar-refractivity contribution in [2.45, 2.75) is 38.5 Å². The van der Waals surface area contributed by atoms with E-state index in [1.165, 1.54) is 7.11 Å². The van der Waals surface area contributed by atoms with Gasteiger partial charge in [0.15, 0.2) is 0 Å². The lowest BCUT2D eigenvalue weighted by Crippen LogP contribution is -2.37. The zero-order chi connectivity index (χ0) is 13.8. The summed E-state index contributed by atoms with van der Waals surface area (Å²) in [6.45, 7) is 3.31. The summed E-state index contributed by atoms with van der Waals surface area (Å²) < 4.78 is 10.0. The molecule has 1 aromatic rings. The molecule has 106 valence electrons. The zero-order valence-corrected chi connectivity index (χ0v) is 11.4. The lowest BCUT2D eigenvalue weighted by molar-refractivity contribution is 0.110. The predicted molar refractivity (Wildman–Crippen MR) is 69.3 cm³/mol. The number of piperidine rings is 1. The average molecular weight is 268 g/mol. The second kappa shape index (κ2) is 5.95. The lowest BCUT2D eigenvalue weighted by Gasteiger charge is -2.29. The van der Waals surface area contributed by atoms with Gasteiger partial charge in [-0.1, -0.05) is 13.3 Å². The maximum Gasteiger partial charge on any atom is 0.409 e. The number of carbonyl (C=O) groups excluding carboxylic acids is 1. The Kier molecular flexibility index (Phi) is 4.29. The Labute approximate surface area is 111 Å². The summed E-state index contributed by atoms with van der Waals surface area (Å²) in [5.74, 6) is 0.984. The lowest BCUT2D eigenvalue weighted by atomic mass is 9.91. The number of aromatic nitrogens is 1. The van der Waals surface area contributed by atoms with Crippen LogP contribution in [0.15, 0.2) is 9.32 Å². The fourth-order valence-electron chi connectivity index (χ4n) is 2.61. The molecule has 1 N–H and O–H groups in total. The van der Waals surface area contributed by atoms with Crippen molar-refractivity contribution >= 4 is 6.09 Å². The van der Waals surface area contributed by atoms with Gasteiger partial charge in [-0.3, -0.25) is 4.79 Å². The molecule has 0 unspecified atom stereocenters. The number of ether oxygens (including phenoxy) is 1. The third-order valence-electron chi connectivity index (χ3n) is 3.62. The van der Waals surface area contributed by atoms with Crippen LogP contribution in [-0.2, 0) is 11.2 Å². The molecule has 2 heterocycles. The number of likely N-dealkylation sites (tertiary alicyclic amines) is 1. The Morgan fingerprint density at radius 1 is 1.47 bits per heavy atom. The highest BCUT2D eigenvalue weighted by Gasteiger charge is 2.28. The van der Waals surface area contributed by atoms with Gasteiger partial charge in [0.1, 0.15) is 5.76 Å². The van der Waals surface area contributed by atoms with Gasteiger partial charge in [-0.15, -0.1) is 0 Å². The summed E-state index contributed by atoms with van der Waals surface area (Å²) in [6.07, 6.45) is 2.96. The highest BCUT2D eigenvalue weighted by Crippen LogP contribution is 2.29. The van der Waals surface area contributed by atoms with Crippen molar-refractivity contribution < 1.29 is 14.1 Å². The summed E-state index contributed by atoms with van der Waals surface area (Å²) in [4.78, 5) is 24.7. The first kappa shape index (κ1) is 13.7. The molecule has 1 amide bonds. The number of hydrogen-bond acceptors (Lipinski definition) is 4. The van der Waals surface area contributed by atoms with E-state index in [4.69, 9.17) is 9.26 Å². The molecule has 2 rings (SSSR count). The number of aromatic amines is 1. The van der Waals surface area contributed by atoms with Crippen LogP contribution in [0.2, 0.25) is 0 Å². The van der Waals surface area contributed by atoms with Gasteiger partial charge >= 0.3 is 6.09 Å². The van der Waals surface area contributed by atoms with E-state index in [9.17, 15) is 9.59 Å². The maximum atomic E-state index is 11.7. The summed E-state index contributed by atoms with van der Waals surface area (Å²) in [5, 5.41) is 2.43. The van der Waals surface area contributed by atoms with E-state index in [-0.39, 0.29) is 17.6 Å². The standard InChI is InChI=1S/C13H20N2O4/c1-3-4-10-11(19-14-12(10)16)9-5-7-15(8-6-9)13(17)18-2/h9H,3-8H2,1-2H3,(H,14,16). The first-order valence-electron chi connectivity index (χ1n) is 6.70. The molecular formula is C13H20N2O4. The molecular weight excluding hydrogens is 248 g/mol. The van der Waals surface area contributed by atoms with Gasteiger partial charge in [-0.25, -0.2) is 4.79 Å². The number of carbonyl (C=O) groups is 1. The Bertz CT molecular complexity index is 483. The number of nitrogens with zero attached hydrogens (tertiary/aromatic N) is 1. The first-order valence-corrected chi connectivity index (χ1v) is 6.70. The third kappa shape index (κ3) is 2.83. The van der Waals surface area contributed by atoms with Gasteiger partial charge in [0, 0.05) is 19.0 Å². The number of hydrogen-bond donors (Lipinski definition) is 1. The van der Waals surface area contributed by atoms with Crippen molar-refractivity contribution in [1.82, 2.24) is 10.1 Å². The van der Waals surface area contributed by atoms with Crippen LogP contribution in [0.3, 0.4) is 0 Å². The third-order valence-corrected chi connectivity index (χ3v) is 3.62. The van der Waals surface area contributed by atoms with E-state index >= 15 is 0 Å². The molecule has 6 nitrogen and oxygen atoms in total. The van der Waals surface area contributed by atoms with Crippen LogP contribution in [0, 0.1) is 0 Å². The number of methoxy groups -OCH3 is 1. The number of rotatable bonds is 3. The van der Waals surface area contributed by atoms with E-state index in [1.54, 1.807) is 4.90 Å². The molecule has 0 radical (unpaired) electrons. The highest BCUT2D eigenvalue weighted by molar-refractivity contribution is 5.67. The van der Waals surface area contributed by atoms with Crippen LogP contribution in [0.5, 0.6) is 0 Å². The molecule has 0 aliphatic carbocycles. The van der Waals surface area contributed by atoms with Gasteiger partial charge in [0.05, 0.1) is 12.7 Å². The minimum atomic E-state index is -0.289. The minimum Gasteiger partial charge on any atom is -0.453 e. The Morgan fingerprint density at radius 2 is 2.16 bits per heavy atom. The predicted octanol–water partition coefficient (Wildman–Crippen LogP) is 1.87. The SMILES string of the molecule is CCCc1c(C2CCN(C(=O)OC)CC2)o[nH]c1=O. The molecule has 19 heavy (non-hydrogen) atoms. The molecule has 1 fully saturated rings. The van der Waals surface area contributed by atoms with Crippen molar-refractivity contribution in [3.8, 4) is 0 Å². The fourth-order valence-corrected chi connectivity index (χ4v) is 2.61. The monoisotopic (exact) mass is 268 g/mol. The smallest absolute Gasteiger partial charge is 0.409 e. The van der Waals surface area contributed by atoms with Gasteiger partial charge in [-0.05, 0) is 19.3 Å². The molecule has 1 aromatic heterocycles. The van der Waals surface area contributed by atoms with Crippen LogP contribution in [-0.4, -0.2) is 36.3 Å². The summed E-state index contributed by atoms with van der Waals surface area (Å²) in [7, 11) is 1.39. The molecule has 0 saturated carbocycles. The molecule has 1 aliphatic heterocycles. The summed E-state index contributed by atoms with van der Waals surface area (Å²) >= 11 is 0. The van der Waals surface area contributed by atoms with Gasteiger partial charge in [0.25, 0.3) is 5.56 Å². The highest BCUT2D eigenvalue weighted by atomic mass is 16.5. The second-order valence-electron chi connectivity index (χ2n) is 4.86. The van der Waals surface area contributed by atoms with E-state index in [2.05, 4.69) is 5.16 Å². The van der Waals surface area contributed by atoms with Crippen LogP contribution in [0.25, 0.3) is 0 Å². The number of nitrogens with one attached hydrogen (secondary N) is 1. The summed E-state index contributed by atoms with van der Waals surface area (Å²) in [6, 6.07) is 0. The summed E-state index contributed by atoms with van der Waals surface area (Å²) in [5.41, 5.74) is 0.645. The van der Waals surface area contributed by atoms with E-state index in [0.29, 0.717) is 13.1 Å². The normalized spacial score (nSPS) is 16.6. The molecule has 0 bridgehead atoms. The number of amides is 1. The molecule has 1 saturated heterocycles. The van der Waals surface area contributed by atoms with Crippen molar-refractivity contribution in [2.24, 2.45) is 0 Å². The van der Waals surface area contributed by atoms with Gasteiger partial charge in [-0.2, -0.15) is 5.16 Å². The quantitative estimate of drug-likeness (QED) is 0.908. The van der Waals surface area contributed by atoms with Crippen molar-refractivity contribution in [1.29, 1.82) is 0 Å². The Hall–Kier alpha value is -1.72. The Balaban J connectivity index is 2.05. The van der Waals surface area contributed by atoms with Crippen LogP contribution < -0.4 is 5.56 Å². The maximum absolute atomic E-state index is 11.7. The van der Waals surface area contributed by atoms with E-state index in [0.717, 1.165) is 37.0 Å². The van der Waals surface area contributed by atoms with Crippen LogP contribution >= 0.6 is 0 Å². The van der Waals surface area contributed by atoms with Crippen molar-refractivity contribution in [2.75, 3.05) is 20.2 Å². The molecule has 6 heteroatoms. The minimum absolute atomic E-state index is 0.118. The van der Waals surface area contributed by atoms with Gasteiger partial charge < -0.3 is 14.2 Å². The largest absolute Gasteiger partial charge is 0.453 e. The van der Waals surface area contributed by atoms with Crippen molar-refractivity contribution in [3.63, 3.8) is 0 Å². The second-order valence-corrected chi connectivity index (χ2v) is 4.86. The topological polar surface area (TPSA) is 75.5 Å². The van der Waals surface area contributed by atoms with Crippen LogP contribution in [0.4, 0.5) is 4.79 Å². The average Bonchev–Trinajstić information content (AvgIpc) is 2.80.